The van der Waals surface area contributed by atoms with E-state index in [9.17, 15) is 0 Å². The monoisotopic (exact) mass is 345 g/mol. The molecule has 0 aliphatic carbocycles. The summed E-state index contributed by atoms with van der Waals surface area (Å²) in [6, 6.07) is 5.95. The van der Waals surface area contributed by atoms with Crippen LogP contribution in [0.3, 0.4) is 0 Å². The minimum Gasteiger partial charge on any atom is -0.497 e. The predicted molar refractivity (Wildman–Crippen MR) is 99.9 cm³/mol. The minimum atomic E-state index is 0.360. The molecule has 0 saturated carbocycles. The van der Waals surface area contributed by atoms with Gasteiger partial charge in [-0.05, 0) is 31.9 Å². The Hall–Kier alpha value is -2.50. The van der Waals surface area contributed by atoms with Crippen molar-refractivity contribution in [3.8, 4) is 28.6 Å². The maximum Gasteiger partial charge on any atom is 0.242 e. The van der Waals surface area contributed by atoms with E-state index in [4.69, 9.17) is 19.2 Å². The fourth-order valence-corrected chi connectivity index (χ4v) is 2.64. The van der Waals surface area contributed by atoms with Crippen LogP contribution in [0.25, 0.3) is 11.3 Å². The van der Waals surface area contributed by atoms with Crippen molar-refractivity contribution in [1.82, 2.24) is 9.97 Å². The molecule has 2 aromatic rings. The zero-order valence-electron chi connectivity index (χ0n) is 15.8. The number of rotatable bonds is 8. The van der Waals surface area contributed by atoms with Crippen LogP contribution in [-0.4, -0.2) is 37.3 Å². The number of nitrogens with one attached hydrogen (secondary N) is 1. The molecule has 0 aliphatic heterocycles. The van der Waals surface area contributed by atoms with Crippen molar-refractivity contribution in [2.45, 2.75) is 39.7 Å². The fourth-order valence-electron chi connectivity index (χ4n) is 2.64. The fraction of sp³-hybridized carbons (Fsp3) is 0.474. The number of anilines is 1. The maximum atomic E-state index is 5.50. The second-order valence-corrected chi connectivity index (χ2v) is 5.74. The van der Waals surface area contributed by atoms with Gasteiger partial charge in [0, 0.05) is 17.7 Å². The first-order valence-corrected chi connectivity index (χ1v) is 8.49. The summed E-state index contributed by atoms with van der Waals surface area (Å²) in [6.07, 6.45) is 2.04. The van der Waals surface area contributed by atoms with Crippen molar-refractivity contribution in [3.63, 3.8) is 0 Å². The van der Waals surface area contributed by atoms with E-state index in [0.29, 0.717) is 23.4 Å². The highest BCUT2D eigenvalue weighted by Gasteiger charge is 2.19. The lowest BCUT2D eigenvalue weighted by Crippen LogP contribution is -2.19. The van der Waals surface area contributed by atoms with E-state index in [1.54, 1.807) is 21.3 Å². The second kappa shape index (κ2) is 8.55. The minimum absolute atomic E-state index is 0.360. The third-order valence-electron chi connectivity index (χ3n) is 4.22. The summed E-state index contributed by atoms with van der Waals surface area (Å²) in [5, 5.41) is 3.44. The summed E-state index contributed by atoms with van der Waals surface area (Å²) < 4.78 is 16.3. The van der Waals surface area contributed by atoms with Gasteiger partial charge >= 0.3 is 0 Å². The summed E-state index contributed by atoms with van der Waals surface area (Å²) in [5.41, 5.74) is 2.28. The van der Waals surface area contributed by atoms with Crippen LogP contribution in [-0.2, 0) is 0 Å². The molecule has 25 heavy (non-hydrogen) atoms. The molecule has 1 aromatic carbocycles. The summed E-state index contributed by atoms with van der Waals surface area (Å²) >= 11 is 0. The number of benzene rings is 1. The van der Waals surface area contributed by atoms with Crippen LogP contribution in [0.2, 0.25) is 0 Å². The molecule has 6 heteroatoms. The standard InChI is InChI=1S/C19H27N3O3/c1-7-13(8-2)21-18-12(3)20-17(19(22-18)25-6)15-10-9-14(23-4)11-16(15)24-5/h9-11,13H,7-8H2,1-6H3,(H,21,22). The summed E-state index contributed by atoms with van der Waals surface area (Å²) in [6.45, 7) is 6.24. The molecule has 0 bridgehead atoms. The van der Waals surface area contributed by atoms with Gasteiger partial charge in [0.25, 0.3) is 0 Å². The Morgan fingerprint density at radius 3 is 2.28 bits per heavy atom. The molecule has 1 N–H and O–H groups in total. The van der Waals surface area contributed by atoms with Crippen LogP contribution in [0.15, 0.2) is 18.2 Å². The predicted octanol–water partition coefficient (Wildman–Crippen LogP) is 4.08. The van der Waals surface area contributed by atoms with Crippen LogP contribution in [0.5, 0.6) is 17.4 Å². The van der Waals surface area contributed by atoms with Gasteiger partial charge in [-0.2, -0.15) is 4.98 Å². The Morgan fingerprint density at radius 2 is 1.72 bits per heavy atom. The normalized spacial score (nSPS) is 10.7. The van der Waals surface area contributed by atoms with E-state index >= 15 is 0 Å². The van der Waals surface area contributed by atoms with Gasteiger partial charge in [-0.25, -0.2) is 4.98 Å². The number of hydrogen-bond donors (Lipinski definition) is 1. The van der Waals surface area contributed by atoms with Crippen LogP contribution >= 0.6 is 0 Å². The van der Waals surface area contributed by atoms with Gasteiger partial charge in [0.1, 0.15) is 17.2 Å². The van der Waals surface area contributed by atoms with Gasteiger partial charge in [0.05, 0.1) is 27.0 Å². The lowest BCUT2D eigenvalue weighted by atomic mass is 10.1. The second-order valence-electron chi connectivity index (χ2n) is 5.74. The Labute approximate surface area is 149 Å². The maximum absolute atomic E-state index is 5.50. The molecule has 0 aliphatic rings. The largest absolute Gasteiger partial charge is 0.497 e. The van der Waals surface area contributed by atoms with E-state index in [1.165, 1.54) is 0 Å². The number of aryl methyl sites for hydroxylation is 1. The number of aromatic nitrogens is 2. The van der Waals surface area contributed by atoms with Gasteiger partial charge in [0.2, 0.25) is 5.88 Å². The molecule has 136 valence electrons. The van der Waals surface area contributed by atoms with Crippen molar-refractivity contribution in [1.29, 1.82) is 0 Å². The molecule has 0 radical (unpaired) electrons. The number of ether oxygens (including phenoxy) is 3. The highest BCUT2D eigenvalue weighted by Crippen LogP contribution is 2.37. The Balaban J connectivity index is 2.50. The smallest absolute Gasteiger partial charge is 0.242 e. The molecule has 1 aromatic heterocycles. The van der Waals surface area contributed by atoms with Crippen molar-refractivity contribution >= 4 is 5.82 Å². The number of hydrogen-bond acceptors (Lipinski definition) is 6. The number of nitrogens with zero attached hydrogens (tertiary/aromatic N) is 2. The molecule has 0 fully saturated rings. The SMILES string of the molecule is CCC(CC)Nc1nc(OC)c(-c2ccc(OC)cc2OC)nc1C. The summed E-state index contributed by atoms with van der Waals surface area (Å²) in [5.74, 6) is 2.59. The van der Waals surface area contributed by atoms with E-state index in [-0.39, 0.29) is 0 Å². The molecule has 2 rings (SSSR count). The molecule has 0 atom stereocenters. The molecule has 0 saturated heterocycles. The molecule has 0 unspecified atom stereocenters. The summed E-state index contributed by atoms with van der Waals surface area (Å²) in [7, 11) is 4.84. The van der Waals surface area contributed by atoms with Crippen molar-refractivity contribution in [2.75, 3.05) is 26.6 Å². The summed E-state index contributed by atoms with van der Waals surface area (Å²) in [4.78, 5) is 9.37. The third-order valence-corrected chi connectivity index (χ3v) is 4.22. The zero-order valence-corrected chi connectivity index (χ0v) is 15.8. The average Bonchev–Trinajstić information content (AvgIpc) is 2.66. The highest BCUT2D eigenvalue weighted by atomic mass is 16.5. The van der Waals surface area contributed by atoms with Gasteiger partial charge in [0.15, 0.2) is 5.82 Å². The first-order valence-electron chi connectivity index (χ1n) is 8.49. The zero-order chi connectivity index (χ0) is 18.4. The number of methoxy groups -OCH3 is 3. The van der Waals surface area contributed by atoms with Crippen LogP contribution in [0.1, 0.15) is 32.4 Å². The molecule has 6 nitrogen and oxygen atoms in total. The van der Waals surface area contributed by atoms with Crippen LogP contribution in [0, 0.1) is 6.92 Å². The van der Waals surface area contributed by atoms with Gasteiger partial charge in [-0.1, -0.05) is 13.8 Å². The van der Waals surface area contributed by atoms with Crippen molar-refractivity contribution in [2.24, 2.45) is 0 Å². The quantitative estimate of drug-likeness (QED) is 0.778. The highest BCUT2D eigenvalue weighted by molar-refractivity contribution is 5.73. The Bertz CT molecular complexity index is 715. The van der Waals surface area contributed by atoms with E-state index in [2.05, 4.69) is 24.1 Å². The molecule has 0 spiro atoms. The third kappa shape index (κ3) is 4.13. The molecular formula is C19H27N3O3. The van der Waals surface area contributed by atoms with E-state index in [1.807, 2.05) is 25.1 Å². The lowest BCUT2D eigenvalue weighted by Gasteiger charge is -2.19. The van der Waals surface area contributed by atoms with Crippen LogP contribution < -0.4 is 19.5 Å². The Kier molecular flexibility index (Phi) is 6.44. The lowest BCUT2D eigenvalue weighted by molar-refractivity contribution is 0.390. The van der Waals surface area contributed by atoms with Gasteiger partial charge in [-0.15, -0.1) is 0 Å². The molecule has 0 amide bonds. The average molecular weight is 345 g/mol. The topological polar surface area (TPSA) is 65.5 Å². The first-order chi connectivity index (χ1) is 12.1. The van der Waals surface area contributed by atoms with Crippen molar-refractivity contribution < 1.29 is 14.2 Å². The van der Waals surface area contributed by atoms with E-state index < -0.39 is 0 Å². The van der Waals surface area contributed by atoms with Crippen LogP contribution in [0.4, 0.5) is 5.82 Å². The Morgan fingerprint density at radius 1 is 1.00 bits per heavy atom. The first kappa shape index (κ1) is 18.8. The molecule has 1 heterocycles. The van der Waals surface area contributed by atoms with Gasteiger partial charge in [-0.3, -0.25) is 0 Å². The molecular weight excluding hydrogens is 318 g/mol. The van der Waals surface area contributed by atoms with Crippen molar-refractivity contribution in [3.05, 3.63) is 23.9 Å². The van der Waals surface area contributed by atoms with E-state index in [0.717, 1.165) is 35.7 Å². The van der Waals surface area contributed by atoms with Gasteiger partial charge < -0.3 is 19.5 Å².